The second-order valence-electron chi connectivity index (χ2n) is 9.99. The lowest BCUT2D eigenvalue weighted by Crippen LogP contribution is -2.53. The van der Waals surface area contributed by atoms with Crippen LogP contribution in [0.15, 0.2) is 42.5 Å². The molecule has 2 aromatic rings. The summed E-state index contributed by atoms with van der Waals surface area (Å²) in [5, 5.41) is 9.10. The lowest BCUT2D eigenvalue weighted by atomic mass is 9.81. The summed E-state index contributed by atoms with van der Waals surface area (Å²) in [6.45, 7) is 0. The topological polar surface area (TPSA) is 87.2 Å². The van der Waals surface area contributed by atoms with Crippen LogP contribution in [0.3, 0.4) is 0 Å². The molecule has 0 aromatic heterocycles. The normalized spacial score (nSPS) is 22.4. The van der Waals surface area contributed by atoms with Crippen LogP contribution in [0.5, 0.6) is 5.75 Å². The fourth-order valence-electron chi connectivity index (χ4n) is 5.91. The molecule has 38 heavy (non-hydrogen) atoms. The van der Waals surface area contributed by atoms with Crippen molar-refractivity contribution in [1.29, 1.82) is 0 Å². The maximum atomic E-state index is 14.6. The van der Waals surface area contributed by atoms with Gasteiger partial charge in [-0.15, -0.1) is 13.2 Å². The number of rotatable bonds is 7. The third kappa shape index (κ3) is 5.19. The number of carboxylic acids is 1. The van der Waals surface area contributed by atoms with Gasteiger partial charge in [0.2, 0.25) is 5.91 Å². The van der Waals surface area contributed by atoms with E-state index in [1.54, 1.807) is 4.90 Å². The van der Waals surface area contributed by atoms with Crippen molar-refractivity contribution in [2.75, 3.05) is 4.90 Å². The molecule has 3 atom stereocenters. The van der Waals surface area contributed by atoms with Crippen molar-refractivity contribution < 1.29 is 41.8 Å². The molecule has 3 unspecified atom stereocenters. The molecule has 11 heteroatoms. The second-order valence-corrected chi connectivity index (χ2v) is 9.99. The molecule has 3 aliphatic rings. The molecule has 1 N–H and O–H groups in total. The summed E-state index contributed by atoms with van der Waals surface area (Å²) in [6.07, 6.45) is -1.91. The van der Waals surface area contributed by atoms with Crippen LogP contribution in [0, 0.1) is 11.7 Å². The van der Waals surface area contributed by atoms with Crippen molar-refractivity contribution in [2.45, 2.75) is 69.4 Å². The average Bonchev–Trinajstić information content (AvgIpc) is 3.57. The summed E-state index contributed by atoms with van der Waals surface area (Å²) in [5.74, 6) is -3.27. The van der Waals surface area contributed by atoms with E-state index in [1.165, 1.54) is 35.2 Å². The first-order chi connectivity index (χ1) is 18.0. The summed E-state index contributed by atoms with van der Waals surface area (Å²) in [5.41, 5.74) is 0.825. The summed E-state index contributed by atoms with van der Waals surface area (Å²) in [4.78, 5) is 41.4. The number of fused-ring (bicyclic) bond motifs is 2. The zero-order valence-corrected chi connectivity index (χ0v) is 20.3. The van der Waals surface area contributed by atoms with Gasteiger partial charge in [-0.3, -0.25) is 14.4 Å². The van der Waals surface area contributed by atoms with Gasteiger partial charge in [0.15, 0.2) is 0 Å². The Labute approximate surface area is 216 Å². The number of nitrogens with zero attached hydrogens (tertiary/aromatic N) is 2. The van der Waals surface area contributed by atoms with Crippen molar-refractivity contribution in [3.05, 3.63) is 59.4 Å². The van der Waals surface area contributed by atoms with E-state index in [9.17, 15) is 31.9 Å². The fraction of sp³-hybridized carbons (Fsp3) is 0.444. The molecule has 7 nitrogen and oxygen atoms in total. The zero-order chi connectivity index (χ0) is 27.2. The van der Waals surface area contributed by atoms with Crippen molar-refractivity contribution in [3.63, 3.8) is 0 Å². The van der Waals surface area contributed by atoms with Crippen LogP contribution < -0.4 is 9.64 Å². The lowest BCUT2D eigenvalue weighted by Gasteiger charge is -2.48. The van der Waals surface area contributed by atoms with Gasteiger partial charge in [-0.2, -0.15) is 0 Å². The molecule has 2 saturated carbocycles. The number of anilines is 1. The van der Waals surface area contributed by atoms with Crippen molar-refractivity contribution in [2.24, 2.45) is 5.92 Å². The molecule has 2 amide bonds. The van der Waals surface area contributed by atoms with E-state index < -0.39 is 35.8 Å². The van der Waals surface area contributed by atoms with Crippen LogP contribution in [-0.4, -0.2) is 46.2 Å². The Morgan fingerprint density at radius 3 is 2.47 bits per heavy atom. The molecule has 202 valence electrons. The molecule has 0 radical (unpaired) electrons. The van der Waals surface area contributed by atoms with Crippen LogP contribution in [0.1, 0.15) is 66.9 Å². The minimum atomic E-state index is -4.92. The number of halogens is 4. The summed E-state index contributed by atoms with van der Waals surface area (Å²) in [7, 11) is 0. The van der Waals surface area contributed by atoms with Crippen molar-refractivity contribution in [3.8, 4) is 5.75 Å². The van der Waals surface area contributed by atoms with Crippen molar-refractivity contribution >= 4 is 23.5 Å². The molecule has 0 saturated heterocycles. The van der Waals surface area contributed by atoms with E-state index in [0.717, 1.165) is 31.4 Å². The van der Waals surface area contributed by atoms with Gasteiger partial charge in [-0.25, -0.2) is 4.39 Å². The first kappa shape index (κ1) is 26.0. The van der Waals surface area contributed by atoms with E-state index in [4.69, 9.17) is 5.11 Å². The number of hydrogen-bond donors (Lipinski definition) is 1. The Kier molecular flexibility index (Phi) is 6.79. The molecular formula is C27H26F4N2O5. The highest BCUT2D eigenvalue weighted by molar-refractivity contribution is 6.07. The van der Waals surface area contributed by atoms with Gasteiger partial charge in [-0.05, 0) is 62.1 Å². The second kappa shape index (κ2) is 9.92. The zero-order valence-electron chi connectivity index (χ0n) is 20.3. The quantitative estimate of drug-likeness (QED) is 0.478. The van der Waals surface area contributed by atoms with Crippen LogP contribution in [-0.2, 0) is 9.59 Å². The highest BCUT2D eigenvalue weighted by Crippen LogP contribution is 2.53. The molecule has 2 fully saturated rings. The Hall–Kier alpha value is -3.63. The number of amides is 2. The van der Waals surface area contributed by atoms with Gasteiger partial charge in [-0.1, -0.05) is 12.5 Å². The van der Waals surface area contributed by atoms with E-state index >= 15 is 0 Å². The maximum absolute atomic E-state index is 14.6. The summed E-state index contributed by atoms with van der Waals surface area (Å²) >= 11 is 0. The maximum Gasteiger partial charge on any atom is 0.573 e. The van der Waals surface area contributed by atoms with Gasteiger partial charge in [0.25, 0.3) is 5.91 Å². The molecule has 0 bridgehead atoms. The number of hydrogen-bond acceptors (Lipinski definition) is 4. The molecule has 2 aromatic carbocycles. The standard InChI is InChI=1S/C27H26F4N2O5/c28-16-7-10-22-20(14-16)25(32(17-8-9-17)23(34)11-12-24(35)36)19-5-2-6-21(19)33(22)26(37)15-3-1-4-18(13-15)38-27(29,30)31/h1,3-4,7,10,13-14,17,19,21,25H,2,5-6,8-9,11-12H2,(H,35,36). The number of carbonyl (C=O) groups excluding carboxylic acids is 2. The van der Waals surface area contributed by atoms with Gasteiger partial charge >= 0.3 is 12.3 Å². The van der Waals surface area contributed by atoms with Gasteiger partial charge in [0.05, 0.1) is 12.5 Å². The number of carbonyl (C=O) groups is 3. The Morgan fingerprint density at radius 2 is 1.79 bits per heavy atom. The van der Waals surface area contributed by atoms with E-state index in [1.807, 2.05) is 0 Å². The predicted molar refractivity (Wildman–Crippen MR) is 127 cm³/mol. The number of benzene rings is 2. The van der Waals surface area contributed by atoms with Crippen LogP contribution in [0.4, 0.5) is 23.2 Å². The minimum Gasteiger partial charge on any atom is -0.481 e. The number of aliphatic carboxylic acids is 1. The number of ether oxygens (including phenoxy) is 1. The molecule has 0 spiro atoms. The summed E-state index contributed by atoms with van der Waals surface area (Å²) in [6, 6.07) is 7.82. The molecule has 1 aliphatic heterocycles. The molecule has 2 aliphatic carbocycles. The smallest absolute Gasteiger partial charge is 0.481 e. The Morgan fingerprint density at radius 1 is 1.03 bits per heavy atom. The number of carboxylic acid groups (broad SMARTS) is 1. The SMILES string of the molecule is O=C(O)CCC(=O)N(C1CC1)C1c2cc(F)ccc2N(C(=O)c2cccc(OC(F)(F)F)c2)C2CCCC21. The van der Waals surface area contributed by atoms with Crippen molar-refractivity contribution in [1.82, 2.24) is 4.90 Å². The van der Waals surface area contributed by atoms with Gasteiger partial charge in [0, 0.05) is 41.2 Å². The van der Waals surface area contributed by atoms with E-state index in [-0.39, 0.29) is 42.3 Å². The van der Waals surface area contributed by atoms with E-state index in [2.05, 4.69) is 4.74 Å². The van der Waals surface area contributed by atoms with Gasteiger partial charge < -0.3 is 19.6 Å². The van der Waals surface area contributed by atoms with Gasteiger partial charge in [0.1, 0.15) is 11.6 Å². The largest absolute Gasteiger partial charge is 0.573 e. The Balaban J connectivity index is 1.55. The predicted octanol–water partition coefficient (Wildman–Crippen LogP) is 5.45. The third-order valence-corrected chi connectivity index (χ3v) is 7.45. The lowest BCUT2D eigenvalue weighted by molar-refractivity contribution is -0.274. The third-order valence-electron chi connectivity index (χ3n) is 7.45. The van der Waals surface area contributed by atoms with Crippen LogP contribution in [0.25, 0.3) is 0 Å². The van der Waals surface area contributed by atoms with E-state index in [0.29, 0.717) is 24.1 Å². The molecule has 1 heterocycles. The fourth-order valence-corrected chi connectivity index (χ4v) is 5.91. The summed E-state index contributed by atoms with van der Waals surface area (Å²) < 4.78 is 56.9. The monoisotopic (exact) mass is 534 g/mol. The van der Waals surface area contributed by atoms with Crippen LogP contribution in [0.2, 0.25) is 0 Å². The average molecular weight is 535 g/mol. The number of alkyl halides is 3. The highest BCUT2D eigenvalue weighted by Gasteiger charge is 2.51. The first-order valence-corrected chi connectivity index (χ1v) is 12.6. The Bertz CT molecular complexity index is 1260. The first-order valence-electron chi connectivity index (χ1n) is 12.6. The minimum absolute atomic E-state index is 0.0114. The molecule has 5 rings (SSSR count). The van der Waals surface area contributed by atoms with Crippen LogP contribution >= 0.6 is 0 Å². The molecular weight excluding hydrogens is 508 g/mol. The highest BCUT2D eigenvalue weighted by atomic mass is 19.4.